The maximum Gasteiger partial charge on any atom is 0.123 e. The van der Waals surface area contributed by atoms with Gasteiger partial charge in [0.05, 0.1) is 22.9 Å². The summed E-state index contributed by atoms with van der Waals surface area (Å²) in [6.07, 6.45) is 12.9. The minimum atomic E-state index is -0.269. The molecule has 0 aliphatic heterocycles. The van der Waals surface area contributed by atoms with E-state index in [4.69, 9.17) is 0 Å². The highest BCUT2D eigenvalue weighted by Crippen LogP contribution is 2.35. The predicted molar refractivity (Wildman–Crippen MR) is 153 cm³/mol. The zero-order valence-electron chi connectivity index (χ0n) is 21.5. The van der Waals surface area contributed by atoms with E-state index < -0.39 is 0 Å². The maximum absolute atomic E-state index is 13.9. The van der Waals surface area contributed by atoms with E-state index in [0.717, 1.165) is 74.5 Å². The van der Waals surface area contributed by atoms with Gasteiger partial charge >= 0.3 is 0 Å². The maximum atomic E-state index is 13.9. The van der Waals surface area contributed by atoms with Gasteiger partial charge in [-0.2, -0.15) is 5.10 Å². The van der Waals surface area contributed by atoms with Crippen molar-refractivity contribution in [3.8, 4) is 33.6 Å². The van der Waals surface area contributed by atoms with Gasteiger partial charge in [0.15, 0.2) is 0 Å². The van der Waals surface area contributed by atoms with Gasteiger partial charge in [-0.15, -0.1) is 0 Å². The Hall–Kier alpha value is -4.36. The van der Waals surface area contributed by atoms with Crippen molar-refractivity contribution < 1.29 is 4.39 Å². The van der Waals surface area contributed by atoms with Gasteiger partial charge < -0.3 is 10.3 Å². The number of aromatic nitrogens is 5. The zero-order chi connectivity index (χ0) is 26.2. The second-order valence-corrected chi connectivity index (χ2v) is 10.5. The number of benzene rings is 2. The first-order chi connectivity index (χ1) is 19.2. The molecule has 1 aliphatic rings. The molecule has 1 fully saturated rings. The number of aromatic amines is 2. The highest BCUT2D eigenvalue weighted by atomic mass is 19.1. The minimum absolute atomic E-state index is 0.269. The molecule has 1 saturated carbocycles. The molecule has 0 atom stereocenters. The number of hydrogen-bond acceptors (Lipinski definition) is 4. The summed E-state index contributed by atoms with van der Waals surface area (Å²) in [5.74, 6) is 0.544. The molecular weight excluding hydrogens is 487 g/mol. The van der Waals surface area contributed by atoms with E-state index in [2.05, 4.69) is 60.8 Å². The van der Waals surface area contributed by atoms with E-state index >= 15 is 0 Å². The van der Waals surface area contributed by atoms with E-state index in [1.165, 1.54) is 43.4 Å². The van der Waals surface area contributed by atoms with Gasteiger partial charge in [0.25, 0.3) is 0 Å². The average molecular weight is 517 g/mol. The van der Waals surface area contributed by atoms with Crippen LogP contribution in [0.5, 0.6) is 0 Å². The smallest absolute Gasteiger partial charge is 0.123 e. The highest BCUT2D eigenvalue weighted by molar-refractivity contribution is 6.01. The van der Waals surface area contributed by atoms with Gasteiger partial charge in [0.1, 0.15) is 11.5 Å². The molecule has 2 aromatic carbocycles. The molecule has 4 heterocycles. The first kappa shape index (κ1) is 23.7. The number of rotatable bonds is 7. The fourth-order valence-corrected chi connectivity index (χ4v) is 5.84. The van der Waals surface area contributed by atoms with Crippen molar-refractivity contribution in [1.82, 2.24) is 30.5 Å². The van der Waals surface area contributed by atoms with Crippen molar-refractivity contribution in [2.24, 2.45) is 5.92 Å². The normalized spacial score (nSPS) is 14.1. The Bertz CT molecular complexity index is 1780. The fraction of sp³-hybridized carbons (Fsp3) is 0.219. The second kappa shape index (κ2) is 10.1. The first-order valence-corrected chi connectivity index (χ1v) is 13.6. The van der Waals surface area contributed by atoms with E-state index in [9.17, 15) is 4.39 Å². The van der Waals surface area contributed by atoms with Crippen molar-refractivity contribution in [2.75, 3.05) is 6.54 Å². The lowest BCUT2D eigenvalue weighted by atomic mass is 10.0. The largest absolute Gasteiger partial charge is 0.352 e. The van der Waals surface area contributed by atoms with Crippen molar-refractivity contribution in [2.45, 2.75) is 32.2 Å². The van der Waals surface area contributed by atoms with E-state index in [1.807, 2.05) is 18.5 Å². The summed E-state index contributed by atoms with van der Waals surface area (Å²) in [7, 11) is 0. The van der Waals surface area contributed by atoms with Crippen LogP contribution >= 0.6 is 0 Å². The average Bonchev–Trinajstić information content (AvgIpc) is 3.72. The van der Waals surface area contributed by atoms with Gasteiger partial charge in [0, 0.05) is 47.0 Å². The van der Waals surface area contributed by atoms with E-state index in [1.54, 1.807) is 18.5 Å². The third-order valence-electron chi connectivity index (χ3n) is 7.86. The molecule has 194 valence electrons. The summed E-state index contributed by atoms with van der Waals surface area (Å²) < 4.78 is 13.9. The molecule has 0 saturated heterocycles. The monoisotopic (exact) mass is 516 g/mol. The SMILES string of the molecule is Fc1cccc(-c2cncc3[nH]c(-c4n[nH]c5ccc(-c6cncc(CNCC7CCCC7)c6)cc45)cc23)c1. The number of hydrogen-bond donors (Lipinski definition) is 3. The summed E-state index contributed by atoms with van der Waals surface area (Å²) in [6, 6.07) is 17.2. The molecule has 7 rings (SSSR count). The second-order valence-electron chi connectivity index (χ2n) is 10.5. The zero-order valence-corrected chi connectivity index (χ0v) is 21.5. The molecule has 6 nitrogen and oxygen atoms in total. The quantitative estimate of drug-likeness (QED) is 0.209. The number of halogens is 1. The number of pyridine rings is 2. The molecule has 7 heteroatoms. The molecule has 0 amide bonds. The fourth-order valence-electron chi connectivity index (χ4n) is 5.84. The van der Waals surface area contributed by atoms with Crippen LogP contribution in [0.2, 0.25) is 0 Å². The molecular formula is C32H29FN6. The summed E-state index contributed by atoms with van der Waals surface area (Å²) in [4.78, 5) is 12.4. The summed E-state index contributed by atoms with van der Waals surface area (Å²) in [6.45, 7) is 1.91. The molecule has 39 heavy (non-hydrogen) atoms. The van der Waals surface area contributed by atoms with E-state index in [-0.39, 0.29) is 5.82 Å². The Morgan fingerprint density at radius 3 is 2.62 bits per heavy atom. The lowest BCUT2D eigenvalue weighted by Gasteiger charge is -2.11. The van der Waals surface area contributed by atoms with Crippen LogP contribution in [0.25, 0.3) is 55.4 Å². The highest BCUT2D eigenvalue weighted by Gasteiger charge is 2.16. The van der Waals surface area contributed by atoms with Crippen molar-refractivity contribution >= 4 is 21.8 Å². The van der Waals surface area contributed by atoms with Crippen LogP contribution in [0, 0.1) is 11.7 Å². The Morgan fingerprint density at radius 2 is 1.72 bits per heavy atom. The molecule has 0 bridgehead atoms. The summed E-state index contributed by atoms with van der Waals surface area (Å²) in [5, 5.41) is 13.4. The Labute approximate surface area is 225 Å². The lowest BCUT2D eigenvalue weighted by Crippen LogP contribution is -2.20. The van der Waals surface area contributed by atoms with Crippen LogP contribution in [0.3, 0.4) is 0 Å². The molecule has 3 N–H and O–H groups in total. The van der Waals surface area contributed by atoms with Gasteiger partial charge in [-0.25, -0.2) is 4.39 Å². The van der Waals surface area contributed by atoms with Crippen molar-refractivity contribution in [3.05, 3.63) is 90.8 Å². The summed E-state index contributed by atoms with van der Waals surface area (Å²) >= 11 is 0. The van der Waals surface area contributed by atoms with Gasteiger partial charge in [-0.3, -0.25) is 15.1 Å². The summed E-state index contributed by atoms with van der Waals surface area (Å²) in [5.41, 5.74) is 8.56. The standard InChI is InChI=1S/C32H29FN6/c33-25-7-3-6-23(11-25)28-18-36-19-31-26(28)13-30(37-31)32-27-12-22(8-9-29(27)38-39-32)24-10-21(16-35-17-24)15-34-14-20-4-1-2-5-20/h3,6-13,16-20,34,37H,1-2,4-5,14-15H2,(H,38,39). The predicted octanol–water partition coefficient (Wildman–Crippen LogP) is 7.25. The van der Waals surface area contributed by atoms with Crippen LogP contribution in [-0.4, -0.2) is 31.7 Å². The van der Waals surface area contributed by atoms with Gasteiger partial charge in [-0.05, 0) is 78.4 Å². The molecule has 4 aromatic heterocycles. The van der Waals surface area contributed by atoms with Crippen LogP contribution in [0.1, 0.15) is 31.2 Å². The minimum Gasteiger partial charge on any atom is -0.352 e. The topological polar surface area (TPSA) is 82.3 Å². The Morgan fingerprint density at radius 1 is 0.821 bits per heavy atom. The Kier molecular flexibility index (Phi) is 6.13. The molecule has 0 unspecified atom stereocenters. The molecule has 0 radical (unpaired) electrons. The number of nitrogens with zero attached hydrogens (tertiary/aromatic N) is 3. The van der Waals surface area contributed by atoms with E-state index in [0.29, 0.717) is 0 Å². The lowest BCUT2D eigenvalue weighted by molar-refractivity contribution is 0.489. The number of H-pyrrole nitrogens is 2. The van der Waals surface area contributed by atoms with Crippen LogP contribution in [0.4, 0.5) is 4.39 Å². The molecule has 1 aliphatic carbocycles. The first-order valence-electron chi connectivity index (χ1n) is 13.6. The van der Waals surface area contributed by atoms with Crippen LogP contribution in [0.15, 0.2) is 79.4 Å². The molecule has 6 aromatic rings. The number of fused-ring (bicyclic) bond motifs is 2. The van der Waals surface area contributed by atoms with Crippen molar-refractivity contribution in [3.63, 3.8) is 0 Å². The van der Waals surface area contributed by atoms with Crippen molar-refractivity contribution in [1.29, 1.82) is 0 Å². The molecule has 0 spiro atoms. The Balaban J connectivity index is 1.20. The van der Waals surface area contributed by atoms with Crippen LogP contribution in [-0.2, 0) is 6.54 Å². The van der Waals surface area contributed by atoms with Crippen LogP contribution < -0.4 is 5.32 Å². The third-order valence-corrected chi connectivity index (χ3v) is 7.86. The number of nitrogens with one attached hydrogen (secondary N) is 3. The third kappa shape index (κ3) is 4.70. The van der Waals surface area contributed by atoms with Gasteiger partial charge in [0.2, 0.25) is 0 Å². The van der Waals surface area contributed by atoms with Gasteiger partial charge in [-0.1, -0.05) is 31.0 Å².